The van der Waals surface area contributed by atoms with Gasteiger partial charge in [0, 0.05) is 50.2 Å². The molecule has 200 valence electrons. The molecule has 2 N–H and O–H groups in total. The average Bonchev–Trinajstić information content (AvgIpc) is 3.09. The fourth-order valence-corrected chi connectivity index (χ4v) is 5.46. The Morgan fingerprint density at radius 1 is 1.08 bits per heavy atom. The normalized spacial score (nSPS) is 18.5. The van der Waals surface area contributed by atoms with E-state index < -0.39 is 23.4 Å². The van der Waals surface area contributed by atoms with Crippen LogP contribution in [0, 0.1) is 5.82 Å². The molecule has 2 aromatic carbocycles. The van der Waals surface area contributed by atoms with Gasteiger partial charge in [-0.3, -0.25) is 23.6 Å². The molecule has 0 radical (unpaired) electrons. The molecule has 5 rings (SSSR count). The molecule has 1 aromatic heterocycles. The van der Waals surface area contributed by atoms with Crippen LogP contribution < -0.4 is 16.6 Å². The number of hydrogen-bond acceptors (Lipinski definition) is 6. The molecular formula is C27H29ClFN5O4. The Balaban J connectivity index is 1.28. The number of likely N-dealkylation sites (tertiary alicyclic amines) is 1. The van der Waals surface area contributed by atoms with Gasteiger partial charge in [0.15, 0.2) is 6.35 Å². The Morgan fingerprint density at radius 2 is 1.82 bits per heavy atom. The average molecular weight is 542 g/mol. The summed E-state index contributed by atoms with van der Waals surface area (Å²) < 4.78 is 16.6. The van der Waals surface area contributed by atoms with Crippen LogP contribution in [-0.2, 0) is 24.8 Å². The van der Waals surface area contributed by atoms with E-state index in [1.165, 1.54) is 31.4 Å². The first-order valence-corrected chi connectivity index (χ1v) is 12.9. The molecule has 0 saturated carbocycles. The molecule has 0 bridgehead atoms. The summed E-state index contributed by atoms with van der Waals surface area (Å²) in [5, 5.41) is 13.8. The van der Waals surface area contributed by atoms with Crippen molar-refractivity contribution in [1.29, 1.82) is 0 Å². The van der Waals surface area contributed by atoms with Gasteiger partial charge in [0.2, 0.25) is 5.91 Å². The topological polar surface area (TPSA) is 99.8 Å². The number of piperidine rings is 1. The lowest BCUT2D eigenvalue weighted by Gasteiger charge is -2.40. The summed E-state index contributed by atoms with van der Waals surface area (Å²) in [5.74, 6) is -1.04. The van der Waals surface area contributed by atoms with Gasteiger partial charge in [0.25, 0.3) is 5.56 Å². The fraction of sp³-hybridized carbons (Fsp3) is 0.370. The number of fused-ring (bicyclic) bond motifs is 1. The first-order chi connectivity index (χ1) is 18.2. The summed E-state index contributed by atoms with van der Waals surface area (Å²) in [7, 11) is 1.29. The van der Waals surface area contributed by atoms with E-state index in [1.54, 1.807) is 4.90 Å². The summed E-state index contributed by atoms with van der Waals surface area (Å²) in [5.41, 5.74) is 0.653. The molecule has 9 nitrogen and oxygen atoms in total. The van der Waals surface area contributed by atoms with Crippen molar-refractivity contribution in [2.45, 2.75) is 38.2 Å². The molecule has 2 aliphatic rings. The highest BCUT2D eigenvalue weighted by Crippen LogP contribution is 2.27. The van der Waals surface area contributed by atoms with E-state index in [9.17, 15) is 23.9 Å². The number of aromatic nitrogens is 2. The molecule has 2 aliphatic heterocycles. The van der Waals surface area contributed by atoms with Crippen LogP contribution in [0.5, 0.6) is 0 Å². The summed E-state index contributed by atoms with van der Waals surface area (Å²) in [6.45, 7) is 1.35. The Bertz CT molecular complexity index is 1480. The first kappa shape index (κ1) is 26.1. The molecule has 1 atom stereocenters. The number of hydrogen-bond donors (Lipinski definition) is 2. The lowest BCUT2D eigenvalue weighted by Crippen LogP contribution is -2.53. The zero-order valence-corrected chi connectivity index (χ0v) is 21.7. The number of nitrogens with zero attached hydrogens (tertiary/aromatic N) is 4. The van der Waals surface area contributed by atoms with Crippen molar-refractivity contribution in [3.8, 4) is 11.1 Å². The van der Waals surface area contributed by atoms with Gasteiger partial charge in [-0.1, -0.05) is 41.9 Å². The highest BCUT2D eigenvalue weighted by molar-refractivity contribution is 6.31. The number of nitrogens with one attached hydrogen (secondary N) is 1. The number of carbonyl (C=O) groups excluding carboxylic acids is 1. The largest absolute Gasteiger partial charge is 0.361 e. The number of anilines is 1. The zero-order chi connectivity index (χ0) is 27.0. The summed E-state index contributed by atoms with van der Waals surface area (Å²) in [6, 6.07) is 12.3. The van der Waals surface area contributed by atoms with Crippen molar-refractivity contribution in [2.24, 2.45) is 7.05 Å². The van der Waals surface area contributed by atoms with Crippen molar-refractivity contribution in [3.63, 3.8) is 0 Å². The molecule has 1 saturated heterocycles. The van der Waals surface area contributed by atoms with Crippen LogP contribution in [0.25, 0.3) is 11.1 Å². The zero-order valence-electron chi connectivity index (χ0n) is 20.9. The van der Waals surface area contributed by atoms with E-state index in [0.29, 0.717) is 32.5 Å². The summed E-state index contributed by atoms with van der Waals surface area (Å²) >= 11 is 5.89. The number of rotatable bonds is 4. The van der Waals surface area contributed by atoms with Crippen LogP contribution in [0.3, 0.4) is 0 Å². The molecule has 3 aromatic rings. The van der Waals surface area contributed by atoms with Crippen molar-refractivity contribution in [2.75, 3.05) is 25.0 Å². The van der Waals surface area contributed by atoms with Crippen LogP contribution in [0.4, 0.5) is 10.1 Å². The maximum atomic E-state index is 14.6. The lowest BCUT2D eigenvalue weighted by atomic mass is 10.0. The maximum absolute atomic E-state index is 14.6. The fourth-order valence-electron chi connectivity index (χ4n) is 5.28. The third kappa shape index (κ3) is 4.99. The molecule has 1 unspecified atom stereocenters. The van der Waals surface area contributed by atoms with Gasteiger partial charge in [-0.15, -0.1) is 0 Å². The second-order valence-corrected chi connectivity index (χ2v) is 10.1. The molecular weight excluding hydrogens is 513 g/mol. The van der Waals surface area contributed by atoms with Gasteiger partial charge in [-0.2, -0.15) is 0 Å². The Hall–Kier alpha value is -3.47. The van der Waals surface area contributed by atoms with Gasteiger partial charge >= 0.3 is 5.69 Å². The van der Waals surface area contributed by atoms with Crippen LogP contribution in [0.2, 0.25) is 5.02 Å². The Morgan fingerprint density at radius 3 is 2.58 bits per heavy atom. The van der Waals surface area contributed by atoms with Crippen molar-refractivity contribution < 1.29 is 14.3 Å². The van der Waals surface area contributed by atoms with Gasteiger partial charge in [0.05, 0.1) is 10.6 Å². The molecule has 0 aliphatic carbocycles. The minimum Gasteiger partial charge on any atom is -0.361 e. The van der Waals surface area contributed by atoms with Crippen LogP contribution in [0.15, 0.2) is 58.3 Å². The van der Waals surface area contributed by atoms with Gasteiger partial charge in [-0.25, -0.2) is 9.18 Å². The third-order valence-corrected chi connectivity index (χ3v) is 7.73. The smallest absolute Gasteiger partial charge is 0.331 e. The number of benzene rings is 2. The number of para-hydroxylation sites is 1. The lowest BCUT2D eigenvalue weighted by molar-refractivity contribution is -0.134. The van der Waals surface area contributed by atoms with E-state index in [4.69, 9.17) is 11.6 Å². The number of aliphatic hydroxyl groups excluding tert-OH is 1. The van der Waals surface area contributed by atoms with Gasteiger partial charge in [0.1, 0.15) is 12.4 Å². The summed E-state index contributed by atoms with van der Waals surface area (Å²) in [4.78, 5) is 42.3. The Labute approximate surface area is 223 Å². The van der Waals surface area contributed by atoms with Gasteiger partial charge in [-0.05, 0) is 37.0 Å². The minimum atomic E-state index is -0.819. The standard InChI is InChI=1S/C27H29ClFN5O4/c1-31-25(36)20(19-6-4-7-21(28)24(19)29)15-33(27(31)38)16-23(35)32-12-10-18(11-13-32)34-14-9-17-5-2-3-8-22(17)30-26(34)37/h2-8,15,18,26,30,37H,9-14,16H2,1H3. The Kier molecular flexibility index (Phi) is 7.38. The number of amides is 1. The molecule has 1 amide bonds. The molecule has 0 spiro atoms. The molecule has 3 heterocycles. The van der Waals surface area contributed by atoms with E-state index in [-0.39, 0.29) is 34.6 Å². The van der Waals surface area contributed by atoms with Crippen molar-refractivity contribution in [1.82, 2.24) is 18.9 Å². The second-order valence-electron chi connectivity index (χ2n) is 9.69. The van der Waals surface area contributed by atoms with E-state index in [2.05, 4.69) is 5.32 Å². The monoisotopic (exact) mass is 541 g/mol. The van der Waals surface area contributed by atoms with Crippen LogP contribution >= 0.6 is 11.6 Å². The minimum absolute atomic E-state index is 0.0353. The van der Waals surface area contributed by atoms with Crippen LogP contribution in [0.1, 0.15) is 18.4 Å². The van der Waals surface area contributed by atoms with E-state index in [1.807, 2.05) is 29.2 Å². The van der Waals surface area contributed by atoms with Crippen LogP contribution in [-0.4, -0.2) is 62.0 Å². The number of carbonyl (C=O) groups is 1. The molecule has 1 fully saturated rings. The molecule has 38 heavy (non-hydrogen) atoms. The SMILES string of the molecule is Cn1c(=O)c(-c2cccc(Cl)c2F)cn(CC(=O)N2CCC(N3CCc4ccccc4NC3O)CC2)c1=O. The quantitative estimate of drug-likeness (QED) is 0.525. The summed E-state index contributed by atoms with van der Waals surface area (Å²) in [6.07, 6.45) is 2.55. The highest BCUT2D eigenvalue weighted by atomic mass is 35.5. The van der Waals surface area contributed by atoms with E-state index in [0.717, 1.165) is 26.8 Å². The third-order valence-electron chi connectivity index (χ3n) is 7.44. The number of aliphatic hydroxyl groups is 1. The number of halogens is 2. The first-order valence-electron chi connectivity index (χ1n) is 12.6. The highest BCUT2D eigenvalue weighted by Gasteiger charge is 2.32. The van der Waals surface area contributed by atoms with Crippen molar-refractivity contribution in [3.05, 3.63) is 85.9 Å². The predicted molar refractivity (Wildman–Crippen MR) is 142 cm³/mol. The van der Waals surface area contributed by atoms with Crippen molar-refractivity contribution >= 4 is 23.2 Å². The maximum Gasteiger partial charge on any atom is 0.331 e. The second kappa shape index (κ2) is 10.7. The predicted octanol–water partition coefficient (Wildman–Crippen LogP) is 2.24. The van der Waals surface area contributed by atoms with E-state index >= 15 is 0 Å². The van der Waals surface area contributed by atoms with Gasteiger partial charge < -0.3 is 15.3 Å². The molecule has 11 heteroatoms.